The van der Waals surface area contributed by atoms with Crippen molar-refractivity contribution in [2.24, 2.45) is 13.0 Å². The van der Waals surface area contributed by atoms with Crippen molar-refractivity contribution < 1.29 is 4.79 Å². The Bertz CT molecular complexity index is 663. The number of carbonyl (C=O) groups is 1. The predicted molar refractivity (Wildman–Crippen MR) is 82.1 cm³/mol. The van der Waals surface area contributed by atoms with Crippen molar-refractivity contribution in [3.8, 4) is 0 Å². The summed E-state index contributed by atoms with van der Waals surface area (Å²) < 4.78 is 1.99. The molecule has 0 spiro atoms. The fourth-order valence-electron chi connectivity index (χ4n) is 3.05. The van der Waals surface area contributed by atoms with E-state index in [1.165, 1.54) is 0 Å². The molecular formula is C15H21N5O. The van der Waals surface area contributed by atoms with E-state index in [9.17, 15) is 4.79 Å². The molecule has 0 aromatic carbocycles. The van der Waals surface area contributed by atoms with Gasteiger partial charge in [0.15, 0.2) is 0 Å². The number of amides is 1. The molecule has 2 aromatic heterocycles. The largest absolute Gasteiger partial charge is 0.355 e. The van der Waals surface area contributed by atoms with Crippen LogP contribution < -0.4 is 4.90 Å². The molecule has 1 aliphatic rings. The van der Waals surface area contributed by atoms with E-state index in [0.717, 1.165) is 42.8 Å². The maximum absolute atomic E-state index is 12.2. The van der Waals surface area contributed by atoms with Crippen LogP contribution in [0.25, 0.3) is 11.0 Å². The summed E-state index contributed by atoms with van der Waals surface area (Å²) in [6.07, 6.45) is 5.57. The molecule has 0 saturated carbocycles. The van der Waals surface area contributed by atoms with Gasteiger partial charge in [0.25, 0.3) is 0 Å². The van der Waals surface area contributed by atoms with E-state index in [1.807, 2.05) is 38.0 Å². The summed E-state index contributed by atoms with van der Waals surface area (Å²) in [7, 11) is 5.62. The fourth-order valence-corrected chi connectivity index (χ4v) is 3.05. The third-order valence-electron chi connectivity index (χ3n) is 4.15. The number of anilines is 1. The van der Waals surface area contributed by atoms with Crippen molar-refractivity contribution in [1.29, 1.82) is 0 Å². The Balaban J connectivity index is 1.90. The molecule has 3 heterocycles. The lowest BCUT2D eigenvalue weighted by Crippen LogP contribution is -2.43. The average molecular weight is 287 g/mol. The van der Waals surface area contributed by atoms with Gasteiger partial charge < -0.3 is 14.4 Å². The summed E-state index contributed by atoms with van der Waals surface area (Å²) >= 11 is 0. The van der Waals surface area contributed by atoms with Crippen molar-refractivity contribution in [3.05, 3.63) is 18.6 Å². The fraction of sp³-hybridized carbons (Fsp3) is 0.533. The molecule has 0 radical (unpaired) electrons. The van der Waals surface area contributed by atoms with E-state index in [1.54, 1.807) is 11.2 Å². The first-order valence-corrected chi connectivity index (χ1v) is 7.30. The van der Waals surface area contributed by atoms with Crippen molar-refractivity contribution in [2.45, 2.75) is 12.8 Å². The lowest BCUT2D eigenvalue weighted by molar-refractivity contribution is -0.133. The highest BCUT2D eigenvalue weighted by molar-refractivity contribution is 5.88. The highest BCUT2D eigenvalue weighted by Crippen LogP contribution is 2.28. The number of hydrogen-bond donors (Lipinski definition) is 0. The Morgan fingerprint density at radius 1 is 1.38 bits per heavy atom. The van der Waals surface area contributed by atoms with Gasteiger partial charge in [-0.1, -0.05) is 0 Å². The maximum atomic E-state index is 12.2. The number of rotatable bonds is 2. The number of hydrogen-bond acceptors (Lipinski definition) is 4. The van der Waals surface area contributed by atoms with Crippen LogP contribution in [0.15, 0.2) is 18.6 Å². The first-order chi connectivity index (χ1) is 10.1. The van der Waals surface area contributed by atoms with Gasteiger partial charge in [-0.05, 0) is 18.9 Å². The van der Waals surface area contributed by atoms with Crippen LogP contribution in [-0.2, 0) is 11.8 Å². The lowest BCUT2D eigenvalue weighted by Gasteiger charge is -2.34. The third-order valence-corrected chi connectivity index (χ3v) is 4.15. The lowest BCUT2D eigenvalue weighted by atomic mass is 9.96. The molecular weight excluding hydrogens is 266 g/mol. The monoisotopic (exact) mass is 287 g/mol. The molecule has 1 aliphatic heterocycles. The van der Waals surface area contributed by atoms with Gasteiger partial charge in [0.1, 0.15) is 17.8 Å². The van der Waals surface area contributed by atoms with Gasteiger partial charge in [-0.3, -0.25) is 4.79 Å². The van der Waals surface area contributed by atoms with Crippen LogP contribution in [0.1, 0.15) is 12.8 Å². The first kappa shape index (κ1) is 13.9. The summed E-state index contributed by atoms with van der Waals surface area (Å²) in [6, 6.07) is 2.04. The van der Waals surface area contributed by atoms with Crippen molar-refractivity contribution in [2.75, 3.05) is 32.1 Å². The summed E-state index contributed by atoms with van der Waals surface area (Å²) in [5.41, 5.74) is 0.932. The standard InChI is InChI=1S/C15H21N5O/c1-18(2)15(21)11-5-4-7-20(9-11)14-12-6-8-19(3)13(12)16-10-17-14/h6,8,10-11H,4-5,7,9H2,1-3H3. The van der Waals surface area contributed by atoms with Crippen LogP contribution in [-0.4, -0.2) is 52.5 Å². The summed E-state index contributed by atoms with van der Waals surface area (Å²) in [4.78, 5) is 24.9. The molecule has 6 heteroatoms. The Kier molecular flexibility index (Phi) is 3.53. The Morgan fingerprint density at radius 3 is 2.95 bits per heavy atom. The van der Waals surface area contributed by atoms with Gasteiger partial charge in [0.2, 0.25) is 5.91 Å². The first-order valence-electron chi connectivity index (χ1n) is 7.30. The summed E-state index contributed by atoms with van der Waals surface area (Å²) in [5.74, 6) is 1.21. The molecule has 0 N–H and O–H groups in total. The number of aromatic nitrogens is 3. The second kappa shape index (κ2) is 5.35. The quantitative estimate of drug-likeness (QED) is 0.835. The Labute approximate surface area is 124 Å². The van der Waals surface area contributed by atoms with E-state index in [0.29, 0.717) is 0 Å². The molecule has 0 bridgehead atoms. The number of fused-ring (bicyclic) bond motifs is 1. The summed E-state index contributed by atoms with van der Waals surface area (Å²) in [6.45, 7) is 1.68. The number of aryl methyl sites for hydroxylation is 1. The molecule has 1 unspecified atom stereocenters. The minimum Gasteiger partial charge on any atom is -0.355 e. The SMILES string of the molecule is CN(C)C(=O)C1CCCN(c2ncnc3c2ccn3C)C1. The molecule has 1 saturated heterocycles. The number of piperidine rings is 1. The maximum Gasteiger partial charge on any atom is 0.226 e. The molecule has 1 atom stereocenters. The zero-order valence-corrected chi connectivity index (χ0v) is 12.8. The molecule has 0 aliphatic carbocycles. The van der Waals surface area contributed by atoms with Gasteiger partial charge in [0.05, 0.1) is 11.3 Å². The predicted octanol–water partition coefficient (Wildman–Crippen LogP) is 1.27. The van der Waals surface area contributed by atoms with Crippen molar-refractivity contribution in [1.82, 2.24) is 19.4 Å². The Hall–Kier alpha value is -2.11. The zero-order valence-electron chi connectivity index (χ0n) is 12.8. The van der Waals surface area contributed by atoms with Gasteiger partial charge in [-0.2, -0.15) is 0 Å². The van der Waals surface area contributed by atoms with Crippen molar-refractivity contribution >= 4 is 22.8 Å². The number of carbonyl (C=O) groups excluding carboxylic acids is 1. The molecule has 6 nitrogen and oxygen atoms in total. The molecule has 21 heavy (non-hydrogen) atoms. The topological polar surface area (TPSA) is 54.3 Å². The highest BCUT2D eigenvalue weighted by Gasteiger charge is 2.28. The van der Waals surface area contributed by atoms with Crippen LogP contribution in [0.4, 0.5) is 5.82 Å². The minimum atomic E-state index is 0.0578. The number of nitrogens with zero attached hydrogens (tertiary/aromatic N) is 5. The smallest absolute Gasteiger partial charge is 0.226 e. The zero-order chi connectivity index (χ0) is 15.0. The van der Waals surface area contributed by atoms with Gasteiger partial charge in [0, 0.05) is 40.4 Å². The van der Waals surface area contributed by atoms with Crippen LogP contribution >= 0.6 is 0 Å². The van der Waals surface area contributed by atoms with Crippen molar-refractivity contribution in [3.63, 3.8) is 0 Å². The second-order valence-electron chi connectivity index (χ2n) is 5.88. The molecule has 1 fully saturated rings. The molecule has 112 valence electrons. The van der Waals surface area contributed by atoms with E-state index >= 15 is 0 Å². The van der Waals surface area contributed by atoms with Gasteiger partial charge in [-0.15, -0.1) is 0 Å². The van der Waals surface area contributed by atoms with E-state index in [2.05, 4.69) is 14.9 Å². The Morgan fingerprint density at radius 2 is 2.19 bits per heavy atom. The van der Waals surface area contributed by atoms with Crippen LogP contribution in [0.5, 0.6) is 0 Å². The van der Waals surface area contributed by atoms with E-state index in [-0.39, 0.29) is 11.8 Å². The molecule has 2 aromatic rings. The van der Waals surface area contributed by atoms with Gasteiger partial charge in [-0.25, -0.2) is 9.97 Å². The van der Waals surface area contributed by atoms with E-state index in [4.69, 9.17) is 0 Å². The average Bonchev–Trinajstić information content (AvgIpc) is 2.88. The van der Waals surface area contributed by atoms with Gasteiger partial charge >= 0.3 is 0 Å². The summed E-state index contributed by atoms with van der Waals surface area (Å²) in [5, 5.41) is 1.05. The molecule has 1 amide bonds. The minimum absolute atomic E-state index is 0.0578. The van der Waals surface area contributed by atoms with E-state index < -0.39 is 0 Å². The second-order valence-corrected chi connectivity index (χ2v) is 5.88. The van der Waals surface area contributed by atoms with Crippen LogP contribution in [0.3, 0.4) is 0 Å². The van der Waals surface area contributed by atoms with Crippen LogP contribution in [0, 0.1) is 5.92 Å². The normalized spacial score (nSPS) is 19.0. The third kappa shape index (κ3) is 2.46. The van der Waals surface area contributed by atoms with Crippen LogP contribution in [0.2, 0.25) is 0 Å². The highest BCUT2D eigenvalue weighted by atomic mass is 16.2. The molecule has 3 rings (SSSR count).